The minimum absolute atomic E-state index is 0.0552. The average Bonchev–Trinajstić information content (AvgIpc) is 2.48. The third kappa shape index (κ3) is 3.01. The van der Waals surface area contributed by atoms with Crippen molar-refractivity contribution >= 4 is 11.6 Å². The smallest absolute Gasteiger partial charge is 0.167 e. The van der Waals surface area contributed by atoms with Crippen molar-refractivity contribution in [2.75, 3.05) is 7.11 Å². The van der Waals surface area contributed by atoms with Gasteiger partial charge in [-0.05, 0) is 18.2 Å². The third-order valence-electron chi connectivity index (χ3n) is 2.66. The summed E-state index contributed by atoms with van der Waals surface area (Å²) in [7, 11) is 1.48. The first kappa shape index (κ1) is 14.2. The van der Waals surface area contributed by atoms with Gasteiger partial charge < -0.3 is 9.47 Å². The van der Waals surface area contributed by atoms with Crippen molar-refractivity contribution in [3.05, 3.63) is 53.3 Å². The molecule has 0 fully saturated rings. The van der Waals surface area contributed by atoms with E-state index in [2.05, 4.69) is 0 Å². The SMILES string of the molecule is COc1cc(C#N)cc(Oc2c(F)cccc2CCl)c1. The highest BCUT2D eigenvalue weighted by molar-refractivity contribution is 6.17. The van der Waals surface area contributed by atoms with Gasteiger partial charge in [0.15, 0.2) is 11.6 Å². The van der Waals surface area contributed by atoms with Gasteiger partial charge in [0.25, 0.3) is 0 Å². The first-order chi connectivity index (χ1) is 9.67. The van der Waals surface area contributed by atoms with E-state index in [1.165, 1.54) is 19.2 Å². The maximum atomic E-state index is 13.8. The lowest BCUT2D eigenvalue weighted by molar-refractivity contribution is 0.404. The minimum atomic E-state index is -0.510. The van der Waals surface area contributed by atoms with E-state index in [4.69, 9.17) is 26.3 Å². The first-order valence-corrected chi connectivity index (χ1v) is 6.31. The zero-order chi connectivity index (χ0) is 14.5. The number of nitriles is 1. The van der Waals surface area contributed by atoms with Crippen LogP contribution in [0.1, 0.15) is 11.1 Å². The van der Waals surface area contributed by atoms with Gasteiger partial charge in [-0.1, -0.05) is 12.1 Å². The Kier molecular flexibility index (Phi) is 4.44. The number of alkyl halides is 1. The summed E-state index contributed by atoms with van der Waals surface area (Å²) in [5, 5.41) is 8.95. The molecule has 3 nitrogen and oxygen atoms in total. The molecule has 0 heterocycles. The number of nitrogens with zero attached hydrogens (tertiary/aromatic N) is 1. The van der Waals surface area contributed by atoms with Crippen LogP contribution in [0.15, 0.2) is 36.4 Å². The van der Waals surface area contributed by atoms with Crippen LogP contribution in [-0.2, 0) is 5.88 Å². The molecule has 0 amide bonds. The summed E-state index contributed by atoms with van der Waals surface area (Å²) in [6.07, 6.45) is 0. The topological polar surface area (TPSA) is 42.2 Å². The standard InChI is InChI=1S/C15H11ClFNO2/c1-19-12-5-10(9-18)6-13(7-12)20-15-11(8-16)3-2-4-14(15)17/h2-7H,8H2,1H3. The van der Waals surface area contributed by atoms with Crippen LogP contribution in [0.3, 0.4) is 0 Å². The molecule has 0 saturated heterocycles. The van der Waals surface area contributed by atoms with Crippen LogP contribution >= 0.6 is 11.6 Å². The number of hydrogen-bond donors (Lipinski definition) is 0. The predicted molar refractivity (Wildman–Crippen MR) is 73.7 cm³/mol. The Balaban J connectivity index is 2.42. The predicted octanol–water partition coefficient (Wildman–Crippen LogP) is 4.24. The van der Waals surface area contributed by atoms with Crippen molar-refractivity contribution in [1.29, 1.82) is 5.26 Å². The van der Waals surface area contributed by atoms with Gasteiger partial charge in [-0.15, -0.1) is 11.6 Å². The van der Waals surface area contributed by atoms with E-state index in [0.29, 0.717) is 22.6 Å². The van der Waals surface area contributed by atoms with Crippen molar-refractivity contribution in [1.82, 2.24) is 0 Å². The molecular weight excluding hydrogens is 281 g/mol. The summed E-state index contributed by atoms with van der Waals surface area (Å²) in [6, 6.07) is 11.2. The molecule has 0 unspecified atom stereocenters. The number of rotatable bonds is 4. The van der Waals surface area contributed by atoms with Gasteiger partial charge in [0, 0.05) is 11.6 Å². The van der Waals surface area contributed by atoms with Gasteiger partial charge in [-0.3, -0.25) is 0 Å². The molecule has 0 aliphatic rings. The van der Waals surface area contributed by atoms with Crippen molar-refractivity contribution in [3.8, 4) is 23.3 Å². The largest absolute Gasteiger partial charge is 0.497 e. The summed E-state index contributed by atoms with van der Waals surface area (Å²) in [4.78, 5) is 0. The maximum absolute atomic E-state index is 13.8. The summed E-state index contributed by atoms with van der Waals surface area (Å²) in [6.45, 7) is 0. The fraction of sp³-hybridized carbons (Fsp3) is 0.133. The summed E-state index contributed by atoms with van der Waals surface area (Å²) >= 11 is 5.76. The molecule has 2 aromatic carbocycles. The molecular formula is C15H11ClFNO2. The molecule has 0 atom stereocenters. The number of benzene rings is 2. The molecule has 0 aromatic heterocycles. The first-order valence-electron chi connectivity index (χ1n) is 5.78. The molecule has 0 radical (unpaired) electrons. The molecule has 0 bridgehead atoms. The van der Waals surface area contributed by atoms with E-state index in [1.54, 1.807) is 24.3 Å². The highest BCUT2D eigenvalue weighted by Crippen LogP contribution is 2.32. The molecule has 5 heteroatoms. The second kappa shape index (κ2) is 6.27. The van der Waals surface area contributed by atoms with Gasteiger partial charge in [-0.25, -0.2) is 4.39 Å². The molecule has 0 N–H and O–H groups in total. The van der Waals surface area contributed by atoms with E-state index in [1.807, 2.05) is 6.07 Å². The lowest BCUT2D eigenvalue weighted by Crippen LogP contribution is -1.94. The summed E-state index contributed by atoms with van der Waals surface area (Å²) in [5.41, 5.74) is 0.899. The summed E-state index contributed by atoms with van der Waals surface area (Å²) in [5.74, 6) is 0.451. The fourth-order valence-corrected chi connectivity index (χ4v) is 1.91. The van der Waals surface area contributed by atoms with Crippen molar-refractivity contribution in [2.24, 2.45) is 0 Å². The molecule has 20 heavy (non-hydrogen) atoms. The number of para-hydroxylation sites is 1. The zero-order valence-electron chi connectivity index (χ0n) is 10.7. The fourth-order valence-electron chi connectivity index (χ4n) is 1.70. The van der Waals surface area contributed by atoms with E-state index in [9.17, 15) is 4.39 Å². The lowest BCUT2D eigenvalue weighted by Gasteiger charge is -2.11. The molecule has 2 rings (SSSR count). The van der Waals surface area contributed by atoms with Crippen molar-refractivity contribution < 1.29 is 13.9 Å². The van der Waals surface area contributed by atoms with E-state index < -0.39 is 5.82 Å². The number of methoxy groups -OCH3 is 1. The quantitative estimate of drug-likeness (QED) is 0.791. The van der Waals surface area contributed by atoms with Gasteiger partial charge in [0.2, 0.25) is 0 Å². The van der Waals surface area contributed by atoms with Gasteiger partial charge >= 0.3 is 0 Å². The Morgan fingerprint density at radius 1 is 1.25 bits per heavy atom. The second-order valence-corrected chi connectivity index (χ2v) is 4.24. The van der Waals surface area contributed by atoms with Gasteiger partial charge in [-0.2, -0.15) is 5.26 Å². The maximum Gasteiger partial charge on any atom is 0.167 e. The highest BCUT2D eigenvalue weighted by Gasteiger charge is 2.11. The van der Waals surface area contributed by atoms with Crippen molar-refractivity contribution in [3.63, 3.8) is 0 Å². The number of hydrogen-bond acceptors (Lipinski definition) is 3. The Bertz CT molecular complexity index is 667. The number of halogens is 2. The Hall–Kier alpha value is -2.25. The normalized spacial score (nSPS) is 9.90. The van der Waals surface area contributed by atoms with Crippen LogP contribution in [0.25, 0.3) is 0 Å². The van der Waals surface area contributed by atoms with Crippen LogP contribution in [-0.4, -0.2) is 7.11 Å². The molecule has 0 spiro atoms. The van der Waals surface area contributed by atoms with Crippen LogP contribution in [0.2, 0.25) is 0 Å². The molecule has 0 aliphatic heterocycles. The molecule has 0 saturated carbocycles. The Morgan fingerprint density at radius 3 is 2.65 bits per heavy atom. The van der Waals surface area contributed by atoms with E-state index in [-0.39, 0.29) is 11.6 Å². The zero-order valence-corrected chi connectivity index (χ0v) is 11.4. The third-order valence-corrected chi connectivity index (χ3v) is 2.95. The molecule has 0 aliphatic carbocycles. The lowest BCUT2D eigenvalue weighted by atomic mass is 10.2. The van der Waals surface area contributed by atoms with Crippen LogP contribution in [0, 0.1) is 17.1 Å². The van der Waals surface area contributed by atoms with Gasteiger partial charge in [0.05, 0.1) is 24.6 Å². The van der Waals surface area contributed by atoms with Crippen LogP contribution < -0.4 is 9.47 Å². The monoisotopic (exact) mass is 291 g/mol. The van der Waals surface area contributed by atoms with Crippen molar-refractivity contribution in [2.45, 2.75) is 5.88 Å². The Labute approximate surface area is 121 Å². The number of ether oxygens (including phenoxy) is 2. The Morgan fingerprint density at radius 2 is 2.00 bits per heavy atom. The van der Waals surface area contributed by atoms with E-state index in [0.717, 1.165) is 0 Å². The molecule has 2 aromatic rings. The minimum Gasteiger partial charge on any atom is -0.497 e. The van der Waals surface area contributed by atoms with Crippen LogP contribution in [0.5, 0.6) is 17.2 Å². The summed E-state index contributed by atoms with van der Waals surface area (Å²) < 4.78 is 24.4. The van der Waals surface area contributed by atoms with E-state index >= 15 is 0 Å². The average molecular weight is 292 g/mol. The molecule has 102 valence electrons. The highest BCUT2D eigenvalue weighted by atomic mass is 35.5. The van der Waals surface area contributed by atoms with Crippen LogP contribution in [0.4, 0.5) is 4.39 Å². The van der Waals surface area contributed by atoms with Gasteiger partial charge in [0.1, 0.15) is 11.5 Å². The second-order valence-electron chi connectivity index (χ2n) is 3.97.